The normalized spacial score (nSPS) is 10.5. The lowest BCUT2D eigenvalue weighted by Crippen LogP contribution is -2.08. The van der Waals surface area contributed by atoms with E-state index in [-0.39, 0.29) is 5.78 Å². The first kappa shape index (κ1) is 18.8. The maximum absolute atomic E-state index is 13.1. The number of halogens is 1. The van der Waals surface area contributed by atoms with Gasteiger partial charge < -0.3 is 15.8 Å². The topological polar surface area (TPSA) is 64.3 Å². The van der Waals surface area contributed by atoms with E-state index in [0.717, 1.165) is 28.3 Å². The summed E-state index contributed by atoms with van der Waals surface area (Å²) >= 11 is 6.43. The number of nitrogens with one attached hydrogen (secondary N) is 1. The molecule has 3 aromatic carbocycles. The number of nitrogen functional groups attached to an aromatic ring is 1. The number of ketones is 1. The first-order valence-electron chi connectivity index (χ1n) is 8.51. The summed E-state index contributed by atoms with van der Waals surface area (Å²) < 4.78 is 5.27. The van der Waals surface area contributed by atoms with E-state index in [0.29, 0.717) is 21.8 Å². The van der Waals surface area contributed by atoms with Gasteiger partial charge in [0.1, 0.15) is 5.75 Å². The summed E-state index contributed by atoms with van der Waals surface area (Å²) in [5.41, 5.74) is 11.0. The molecule has 0 aliphatic carbocycles. The van der Waals surface area contributed by atoms with Gasteiger partial charge in [-0.25, -0.2) is 0 Å². The van der Waals surface area contributed by atoms with Gasteiger partial charge in [0, 0.05) is 16.8 Å². The number of aryl methyl sites for hydroxylation is 2. The van der Waals surface area contributed by atoms with Crippen molar-refractivity contribution in [3.8, 4) is 5.75 Å². The zero-order chi connectivity index (χ0) is 19.6. The number of ether oxygens (including phenoxy) is 1. The molecular formula is C22H21ClN2O2. The number of carbonyl (C=O) groups is 1. The minimum absolute atomic E-state index is 0.108. The molecule has 3 rings (SSSR count). The third-order valence-electron chi connectivity index (χ3n) is 4.42. The fourth-order valence-electron chi connectivity index (χ4n) is 3.08. The highest BCUT2D eigenvalue weighted by molar-refractivity contribution is 6.35. The second-order valence-electron chi connectivity index (χ2n) is 6.37. The Bertz CT molecular complexity index is 992. The number of hydrogen-bond acceptors (Lipinski definition) is 4. The molecule has 0 aromatic heterocycles. The molecule has 0 bridgehead atoms. The van der Waals surface area contributed by atoms with E-state index >= 15 is 0 Å². The zero-order valence-electron chi connectivity index (χ0n) is 15.5. The van der Waals surface area contributed by atoms with Gasteiger partial charge in [0.2, 0.25) is 0 Å². The number of anilines is 3. The number of methoxy groups -OCH3 is 1. The summed E-state index contributed by atoms with van der Waals surface area (Å²) in [5.74, 6) is 0.621. The van der Waals surface area contributed by atoms with Crippen molar-refractivity contribution in [2.45, 2.75) is 13.8 Å². The largest absolute Gasteiger partial charge is 0.497 e. The van der Waals surface area contributed by atoms with Crippen molar-refractivity contribution in [3.63, 3.8) is 0 Å². The van der Waals surface area contributed by atoms with E-state index in [1.165, 1.54) is 0 Å². The summed E-state index contributed by atoms with van der Waals surface area (Å²) in [6.07, 6.45) is 0. The van der Waals surface area contributed by atoms with Crippen LogP contribution in [-0.2, 0) is 0 Å². The average Bonchev–Trinajstić information content (AvgIpc) is 2.63. The van der Waals surface area contributed by atoms with Gasteiger partial charge in [-0.1, -0.05) is 23.7 Å². The number of hydrogen-bond donors (Lipinski definition) is 2. The van der Waals surface area contributed by atoms with E-state index in [1.54, 1.807) is 19.2 Å². The number of nitrogens with two attached hydrogens (primary N) is 1. The van der Waals surface area contributed by atoms with Crippen LogP contribution in [0.15, 0.2) is 54.6 Å². The minimum atomic E-state index is -0.108. The summed E-state index contributed by atoms with van der Waals surface area (Å²) in [5, 5.41) is 3.60. The third-order valence-corrected chi connectivity index (χ3v) is 4.74. The molecule has 0 heterocycles. The second kappa shape index (κ2) is 7.72. The Balaban J connectivity index is 1.92. The van der Waals surface area contributed by atoms with E-state index in [2.05, 4.69) is 5.32 Å². The molecule has 4 nitrogen and oxygen atoms in total. The first-order chi connectivity index (χ1) is 12.9. The maximum atomic E-state index is 13.1. The predicted octanol–water partition coefficient (Wildman–Crippen LogP) is 5.52. The van der Waals surface area contributed by atoms with Gasteiger partial charge >= 0.3 is 0 Å². The third kappa shape index (κ3) is 3.91. The zero-order valence-corrected chi connectivity index (χ0v) is 16.2. The number of benzene rings is 3. The maximum Gasteiger partial charge on any atom is 0.195 e. The van der Waals surface area contributed by atoms with Gasteiger partial charge in [-0.15, -0.1) is 0 Å². The van der Waals surface area contributed by atoms with Crippen LogP contribution in [0.2, 0.25) is 5.02 Å². The van der Waals surface area contributed by atoms with Crippen molar-refractivity contribution in [2.75, 3.05) is 18.2 Å². The van der Waals surface area contributed by atoms with Crippen LogP contribution < -0.4 is 15.8 Å². The molecule has 0 unspecified atom stereocenters. The van der Waals surface area contributed by atoms with Crippen LogP contribution in [0.1, 0.15) is 27.0 Å². The quantitative estimate of drug-likeness (QED) is 0.451. The highest BCUT2D eigenvalue weighted by Gasteiger charge is 2.18. The Kier molecular flexibility index (Phi) is 5.38. The van der Waals surface area contributed by atoms with Crippen LogP contribution in [0, 0.1) is 13.8 Å². The van der Waals surface area contributed by atoms with Crippen molar-refractivity contribution in [1.82, 2.24) is 0 Å². The molecule has 3 N–H and O–H groups in total. The first-order valence-corrected chi connectivity index (χ1v) is 8.89. The Labute approximate surface area is 163 Å². The van der Waals surface area contributed by atoms with E-state index in [4.69, 9.17) is 22.1 Å². The van der Waals surface area contributed by atoms with Crippen LogP contribution in [0.4, 0.5) is 17.1 Å². The summed E-state index contributed by atoms with van der Waals surface area (Å²) in [7, 11) is 1.61. The van der Waals surface area contributed by atoms with Crippen LogP contribution in [-0.4, -0.2) is 12.9 Å². The Morgan fingerprint density at radius 3 is 2.30 bits per heavy atom. The Morgan fingerprint density at radius 1 is 1.04 bits per heavy atom. The average molecular weight is 381 g/mol. The predicted molar refractivity (Wildman–Crippen MR) is 111 cm³/mol. The van der Waals surface area contributed by atoms with Gasteiger partial charge in [-0.05, 0) is 67.4 Å². The molecule has 0 amide bonds. The molecule has 0 saturated carbocycles. The molecular weight excluding hydrogens is 360 g/mol. The van der Waals surface area contributed by atoms with Crippen molar-refractivity contribution >= 4 is 34.4 Å². The molecule has 0 aliphatic rings. The SMILES string of the molecule is COc1cc(C)c(C(=O)c2ccc(Nc3ccccc3N)cc2Cl)c(C)c1. The smallest absolute Gasteiger partial charge is 0.195 e. The van der Waals surface area contributed by atoms with Gasteiger partial charge in [-0.2, -0.15) is 0 Å². The summed E-state index contributed by atoms with van der Waals surface area (Å²) in [6, 6.07) is 16.4. The second-order valence-corrected chi connectivity index (χ2v) is 6.78. The van der Waals surface area contributed by atoms with Crippen LogP contribution >= 0.6 is 11.6 Å². The van der Waals surface area contributed by atoms with Crippen molar-refractivity contribution in [3.05, 3.63) is 81.9 Å². The van der Waals surface area contributed by atoms with Crippen LogP contribution in [0.25, 0.3) is 0 Å². The minimum Gasteiger partial charge on any atom is -0.497 e. The Morgan fingerprint density at radius 2 is 1.70 bits per heavy atom. The molecule has 0 saturated heterocycles. The molecule has 0 fully saturated rings. The van der Waals surface area contributed by atoms with Crippen LogP contribution in [0.5, 0.6) is 5.75 Å². The molecule has 27 heavy (non-hydrogen) atoms. The molecule has 138 valence electrons. The number of para-hydroxylation sites is 2. The summed E-state index contributed by atoms with van der Waals surface area (Å²) in [6.45, 7) is 3.79. The summed E-state index contributed by atoms with van der Waals surface area (Å²) in [4.78, 5) is 13.1. The van der Waals surface area contributed by atoms with E-state index in [9.17, 15) is 4.79 Å². The number of carbonyl (C=O) groups excluding carboxylic acids is 1. The standard InChI is InChI=1S/C22H21ClN2O2/c1-13-10-16(27-3)11-14(2)21(13)22(26)17-9-8-15(12-18(17)23)25-20-7-5-4-6-19(20)24/h4-12,25H,24H2,1-3H3. The van der Waals surface area contributed by atoms with E-state index < -0.39 is 0 Å². The molecule has 5 heteroatoms. The lowest BCUT2D eigenvalue weighted by Gasteiger charge is -2.14. The molecule has 0 atom stereocenters. The molecule has 0 radical (unpaired) electrons. The van der Waals surface area contributed by atoms with Crippen molar-refractivity contribution in [2.24, 2.45) is 0 Å². The Hall–Kier alpha value is -2.98. The van der Waals surface area contributed by atoms with Gasteiger partial charge in [0.25, 0.3) is 0 Å². The van der Waals surface area contributed by atoms with E-state index in [1.807, 2.05) is 56.3 Å². The van der Waals surface area contributed by atoms with Gasteiger partial charge in [0.15, 0.2) is 5.78 Å². The fourth-order valence-corrected chi connectivity index (χ4v) is 3.34. The monoisotopic (exact) mass is 380 g/mol. The fraction of sp³-hybridized carbons (Fsp3) is 0.136. The van der Waals surface area contributed by atoms with Gasteiger partial charge in [0.05, 0.1) is 23.5 Å². The molecule has 0 aliphatic heterocycles. The van der Waals surface area contributed by atoms with Crippen molar-refractivity contribution in [1.29, 1.82) is 0 Å². The molecule has 0 spiro atoms. The highest BCUT2D eigenvalue weighted by atomic mass is 35.5. The van der Waals surface area contributed by atoms with Gasteiger partial charge in [-0.3, -0.25) is 4.79 Å². The van der Waals surface area contributed by atoms with Crippen LogP contribution in [0.3, 0.4) is 0 Å². The van der Waals surface area contributed by atoms with Crippen molar-refractivity contribution < 1.29 is 9.53 Å². The number of rotatable bonds is 5. The highest BCUT2D eigenvalue weighted by Crippen LogP contribution is 2.30. The molecule has 3 aromatic rings. The lowest BCUT2D eigenvalue weighted by molar-refractivity contribution is 0.103. The lowest BCUT2D eigenvalue weighted by atomic mass is 9.94.